The highest BCUT2D eigenvalue weighted by Gasteiger charge is 2.27. The van der Waals surface area contributed by atoms with E-state index < -0.39 is 0 Å². The molecule has 1 aromatic carbocycles. The number of nitrogens with zero attached hydrogens (tertiary/aromatic N) is 2. The maximum atomic E-state index is 6.42. The van der Waals surface area contributed by atoms with Crippen LogP contribution in [0.25, 0.3) is 0 Å². The summed E-state index contributed by atoms with van der Waals surface area (Å²) in [4.78, 5) is 6.85. The van der Waals surface area contributed by atoms with E-state index in [-0.39, 0.29) is 29.4 Å². The molecule has 1 atom stereocenters. The van der Waals surface area contributed by atoms with E-state index in [1.165, 1.54) is 12.8 Å². The fourth-order valence-corrected chi connectivity index (χ4v) is 4.55. The zero-order valence-corrected chi connectivity index (χ0v) is 21.6. The molecular weight excluding hydrogens is 513 g/mol. The van der Waals surface area contributed by atoms with Crippen LogP contribution in [0.15, 0.2) is 29.3 Å². The lowest BCUT2D eigenvalue weighted by Crippen LogP contribution is -2.49. The fraction of sp³-hybridized carbons (Fsp3) is 0.696. The van der Waals surface area contributed by atoms with Gasteiger partial charge < -0.3 is 19.7 Å². The molecule has 3 rings (SSSR count). The third-order valence-corrected chi connectivity index (χ3v) is 6.37. The highest BCUT2D eigenvalue weighted by molar-refractivity contribution is 14.0. The van der Waals surface area contributed by atoms with Gasteiger partial charge in [-0.15, -0.1) is 24.0 Å². The maximum Gasteiger partial charge on any atom is 0.193 e. The minimum absolute atomic E-state index is 0. The van der Waals surface area contributed by atoms with Crippen LogP contribution in [0.4, 0.5) is 0 Å². The van der Waals surface area contributed by atoms with E-state index >= 15 is 0 Å². The zero-order valence-electron chi connectivity index (χ0n) is 18.5. The van der Waals surface area contributed by atoms with E-state index in [1.54, 1.807) is 0 Å². The molecule has 0 bridgehead atoms. The van der Waals surface area contributed by atoms with Crippen molar-refractivity contribution < 1.29 is 9.47 Å². The molecule has 0 amide bonds. The van der Waals surface area contributed by atoms with Gasteiger partial charge in [0.15, 0.2) is 5.96 Å². The largest absolute Gasteiger partial charge is 0.376 e. The van der Waals surface area contributed by atoms with Crippen LogP contribution in [0.1, 0.15) is 51.5 Å². The minimum Gasteiger partial charge on any atom is -0.376 e. The zero-order chi connectivity index (χ0) is 20.7. The van der Waals surface area contributed by atoms with Gasteiger partial charge in [0, 0.05) is 43.7 Å². The molecule has 2 saturated heterocycles. The number of guanidine groups is 1. The predicted molar refractivity (Wildman–Crippen MR) is 135 cm³/mol. The summed E-state index contributed by atoms with van der Waals surface area (Å²) >= 11 is 6.42. The molecule has 30 heavy (non-hydrogen) atoms. The van der Waals surface area contributed by atoms with Crippen molar-refractivity contribution in [2.75, 3.05) is 39.9 Å². The van der Waals surface area contributed by atoms with E-state index in [0.717, 1.165) is 68.7 Å². The lowest BCUT2D eigenvalue weighted by Gasteiger charge is -2.36. The third-order valence-electron chi connectivity index (χ3n) is 6.04. The first-order valence-corrected chi connectivity index (χ1v) is 11.3. The van der Waals surface area contributed by atoms with Crippen molar-refractivity contribution in [3.05, 3.63) is 34.9 Å². The van der Waals surface area contributed by atoms with Gasteiger partial charge >= 0.3 is 0 Å². The molecule has 2 heterocycles. The fourth-order valence-electron chi connectivity index (χ4n) is 4.15. The second kappa shape index (κ2) is 12.5. The average molecular weight is 550 g/mol. The Morgan fingerprint density at radius 3 is 2.60 bits per heavy atom. The van der Waals surface area contributed by atoms with Crippen LogP contribution in [0.3, 0.4) is 0 Å². The number of aliphatic imine (C=N–C) groups is 1. The van der Waals surface area contributed by atoms with Crippen molar-refractivity contribution >= 4 is 41.5 Å². The van der Waals surface area contributed by atoms with Crippen LogP contribution in [0.5, 0.6) is 0 Å². The summed E-state index contributed by atoms with van der Waals surface area (Å²) < 4.78 is 11.9. The van der Waals surface area contributed by atoms with Gasteiger partial charge in [0.1, 0.15) is 0 Å². The number of hydrogen-bond donors (Lipinski definition) is 1. The van der Waals surface area contributed by atoms with Crippen LogP contribution < -0.4 is 5.32 Å². The number of piperidine rings is 1. The lowest BCUT2D eigenvalue weighted by atomic mass is 9.84. The summed E-state index contributed by atoms with van der Waals surface area (Å²) in [5, 5.41) is 4.37. The summed E-state index contributed by atoms with van der Waals surface area (Å²) in [5.41, 5.74) is 1.07. The molecule has 1 unspecified atom stereocenters. The smallest absolute Gasteiger partial charge is 0.193 e. The molecule has 170 valence electrons. The van der Waals surface area contributed by atoms with Gasteiger partial charge in [0.05, 0.1) is 18.8 Å². The summed E-state index contributed by atoms with van der Waals surface area (Å²) in [7, 11) is 1.85. The maximum absolute atomic E-state index is 6.42. The summed E-state index contributed by atoms with van der Waals surface area (Å²) in [6.07, 6.45) is 6.27. The minimum atomic E-state index is -0.0876. The highest BCUT2D eigenvalue weighted by Crippen LogP contribution is 2.29. The Kier molecular flexibility index (Phi) is 10.7. The van der Waals surface area contributed by atoms with E-state index in [0.29, 0.717) is 12.2 Å². The van der Waals surface area contributed by atoms with Crippen molar-refractivity contribution in [3.63, 3.8) is 0 Å². The molecule has 0 radical (unpaired) electrons. The highest BCUT2D eigenvalue weighted by atomic mass is 127. The van der Waals surface area contributed by atoms with Gasteiger partial charge in [-0.25, -0.2) is 0 Å². The number of halogens is 2. The van der Waals surface area contributed by atoms with E-state index in [1.807, 2.05) is 25.2 Å². The first-order chi connectivity index (χ1) is 14.0. The summed E-state index contributed by atoms with van der Waals surface area (Å²) in [5.74, 6) is 0.958. The van der Waals surface area contributed by atoms with Crippen LogP contribution in [0.2, 0.25) is 5.02 Å². The topological polar surface area (TPSA) is 46.1 Å². The molecule has 2 aliphatic heterocycles. The molecule has 7 heteroatoms. The summed E-state index contributed by atoms with van der Waals surface area (Å²) in [6.45, 7) is 8.75. The molecule has 0 aliphatic carbocycles. The lowest BCUT2D eigenvalue weighted by molar-refractivity contribution is -0.0721. The Hall–Kier alpha value is -0.570. The van der Waals surface area contributed by atoms with Gasteiger partial charge in [-0.3, -0.25) is 4.99 Å². The molecular formula is C23H37ClIN3O2. The number of ether oxygens (including phenoxy) is 2. The van der Waals surface area contributed by atoms with Crippen LogP contribution >= 0.6 is 35.6 Å². The van der Waals surface area contributed by atoms with Crippen LogP contribution in [-0.4, -0.2) is 63.0 Å². The second-order valence-corrected chi connectivity index (χ2v) is 9.18. The Balaban J connectivity index is 0.00000320. The molecule has 0 saturated carbocycles. The standard InChI is InChI=1S/C23H36ClN3O2.HI/c1-23(2,20-9-4-5-10-21(20)24)17-26-22(25-3)27-13-11-18(12-14-27)29-16-19-8-6-7-15-28-19;/h4-5,9-10,18-19H,6-8,11-17H2,1-3H3,(H,25,26);1H. The van der Waals surface area contributed by atoms with Crippen LogP contribution in [-0.2, 0) is 14.9 Å². The van der Waals surface area contributed by atoms with Gasteiger partial charge in [0.25, 0.3) is 0 Å². The Morgan fingerprint density at radius 2 is 1.97 bits per heavy atom. The molecule has 0 spiro atoms. The monoisotopic (exact) mass is 549 g/mol. The quantitative estimate of drug-likeness (QED) is 0.313. The summed E-state index contributed by atoms with van der Waals surface area (Å²) in [6, 6.07) is 8.07. The van der Waals surface area contributed by atoms with Crippen molar-refractivity contribution in [3.8, 4) is 0 Å². The van der Waals surface area contributed by atoms with E-state index in [2.05, 4.69) is 35.1 Å². The van der Waals surface area contributed by atoms with Crippen molar-refractivity contribution in [1.29, 1.82) is 0 Å². The molecule has 0 aromatic heterocycles. The van der Waals surface area contributed by atoms with E-state index in [9.17, 15) is 0 Å². The number of benzene rings is 1. The van der Waals surface area contributed by atoms with Crippen molar-refractivity contribution in [1.82, 2.24) is 10.2 Å². The van der Waals surface area contributed by atoms with Gasteiger partial charge in [0.2, 0.25) is 0 Å². The molecule has 1 aromatic rings. The van der Waals surface area contributed by atoms with Gasteiger partial charge in [-0.2, -0.15) is 0 Å². The van der Waals surface area contributed by atoms with Crippen molar-refractivity contribution in [2.45, 2.75) is 63.6 Å². The number of rotatable bonds is 6. The Bertz CT molecular complexity index is 672. The van der Waals surface area contributed by atoms with Crippen LogP contribution in [0, 0.1) is 0 Å². The van der Waals surface area contributed by atoms with Gasteiger partial charge in [-0.05, 0) is 43.7 Å². The average Bonchev–Trinajstić information content (AvgIpc) is 2.74. The third kappa shape index (κ3) is 7.24. The van der Waals surface area contributed by atoms with Gasteiger partial charge in [-0.1, -0.05) is 43.6 Å². The predicted octanol–water partition coefficient (Wildman–Crippen LogP) is 4.86. The Morgan fingerprint density at radius 1 is 1.23 bits per heavy atom. The number of nitrogens with one attached hydrogen (secondary N) is 1. The van der Waals surface area contributed by atoms with E-state index in [4.69, 9.17) is 21.1 Å². The SMILES string of the molecule is CN=C(NCC(C)(C)c1ccccc1Cl)N1CCC(OCC2CCCCO2)CC1.I. The molecule has 2 aliphatic rings. The molecule has 1 N–H and O–H groups in total. The number of likely N-dealkylation sites (tertiary alicyclic amines) is 1. The van der Waals surface area contributed by atoms with Crippen molar-refractivity contribution in [2.24, 2.45) is 4.99 Å². The first kappa shape index (κ1) is 25.7. The normalized spacial score (nSPS) is 21.3. The Labute approximate surface area is 204 Å². The number of hydrogen-bond acceptors (Lipinski definition) is 3. The second-order valence-electron chi connectivity index (χ2n) is 8.77. The molecule has 5 nitrogen and oxygen atoms in total. The first-order valence-electron chi connectivity index (χ1n) is 10.9. The molecule has 2 fully saturated rings.